The van der Waals surface area contributed by atoms with E-state index in [0.29, 0.717) is 83.0 Å². The minimum absolute atomic E-state index is 0.00383. The van der Waals surface area contributed by atoms with Gasteiger partial charge in [-0.25, -0.2) is 0 Å². The highest BCUT2D eigenvalue weighted by Gasteiger charge is 2.44. The normalized spacial score (nSPS) is 23.2. The molecule has 0 aromatic carbocycles. The van der Waals surface area contributed by atoms with E-state index < -0.39 is 26.4 Å². The van der Waals surface area contributed by atoms with Gasteiger partial charge in [-0.3, -0.25) is 0 Å². The highest BCUT2D eigenvalue weighted by atomic mass is 35.5. The van der Waals surface area contributed by atoms with Crippen molar-refractivity contribution in [3.05, 3.63) is 35.3 Å². The number of halogens is 3. The third-order valence-corrected chi connectivity index (χ3v) is 13.6. The van der Waals surface area contributed by atoms with E-state index in [1.807, 2.05) is 57.8 Å². The quantitative estimate of drug-likeness (QED) is 0.0894. The average molecular weight is 710 g/mol. The molecule has 1 saturated heterocycles. The molecule has 0 N–H and O–H groups in total. The molecule has 42 heavy (non-hydrogen) atoms. The first kappa shape index (κ1) is 40.4. The van der Waals surface area contributed by atoms with Crippen LogP contribution in [0.25, 0.3) is 0 Å². The third kappa shape index (κ3) is 15.6. The summed E-state index contributed by atoms with van der Waals surface area (Å²) < 4.78 is 55.3. The summed E-state index contributed by atoms with van der Waals surface area (Å²) in [7, 11) is -9.18. The Kier molecular flexibility index (Phi) is 21.9. The Morgan fingerprint density at radius 3 is 1.50 bits per heavy atom. The maximum Gasteiger partial charge on any atom is 0.529 e. The van der Waals surface area contributed by atoms with Crippen LogP contribution in [0.3, 0.4) is 0 Å². The van der Waals surface area contributed by atoms with Crippen LogP contribution < -0.4 is 0 Å². The summed E-state index contributed by atoms with van der Waals surface area (Å²) >= 11 is 17.7. The smallest absolute Gasteiger partial charge is 0.371 e. The molecule has 1 heterocycles. The SMILES string of the molecule is CCO[Si](/C=C/CCl)(OCC)OCC(C)CO[Si](/C=C/CCl)(OCC)OCC(C)CO[Si]1(/C=C/CCl)OCC(C)CO1. The second-order valence-corrected chi connectivity index (χ2v) is 18.1. The fraction of sp³-hybridized carbons (Fsp3) is 0.778. The number of hydrogen-bond acceptors (Lipinski definition) is 9. The van der Waals surface area contributed by atoms with Crippen LogP contribution >= 0.6 is 34.8 Å². The molecule has 1 fully saturated rings. The molecular formula is C27H51Cl3O9Si3. The third-order valence-electron chi connectivity index (χ3n) is 5.68. The fourth-order valence-electron chi connectivity index (χ4n) is 3.67. The highest BCUT2D eigenvalue weighted by molar-refractivity contribution is 6.67. The topological polar surface area (TPSA) is 83.1 Å². The van der Waals surface area contributed by atoms with Crippen molar-refractivity contribution in [1.82, 2.24) is 0 Å². The molecule has 3 unspecified atom stereocenters. The maximum absolute atomic E-state index is 6.39. The summed E-state index contributed by atoms with van der Waals surface area (Å²) in [4.78, 5) is 0. The first-order valence-electron chi connectivity index (χ1n) is 14.6. The van der Waals surface area contributed by atoms with Gasteiger partial charge in [0.15, 0.2) is 0 Å². The first-order valence-corrected chi connectivity index (χ1v) is 21.6. The van der Waals surface area contributed by atoms with Crippen molar-refractivity contribution in [3.8, 4) is 0 Å². The average Bonchev–Trinajstić information content (AvgIpc) is 2.99. The van der Waals surface area contributed by atoms with Gasteiger partial charge in [-0.15, -0.1) is 34.8 Å². The second-order valence-electron chi connectivity index (χ2n) is 9.96. The lowest BCUT2D eigenvalue weighted by Crippen LogP contribution is -2.51. The van der Waals surface area contributed by atoms with Crippen molar-refractivity contribution in [3.63, 3.8) is 0 Å². The van der Waals surface area contributed by atoms with Crippen molar-refractivity contribution in [2.24, 2.45) is 17.8 Å². The summed E-state index contributed by atoms with van der Waals surface area (Å²) in [6.45, 7) is 15.8. The van der Waals surface area contributed by atoms with Crippen LogP contribution in [0.15, 0.2) is 35.3 Å². The predicted octanol–water partition coefficient (Wildman–Crippen LogP) is 5.94. The largest absolute Gasteiger partial charge is 0.529 e. The Labute approximate surface area is 271 Å². The van der Waals surface area contributed by atoms with E-state index in [1.165, 1.54) is 0 Å². The summed E-state index contributed by atoms with van der Waals surface area (Å²) in [6, 6.07) is 0. The molecule has 3 atom stereocenters. The first-order chi connectivity index (χ1) is 20.2. The van der Waals surface area contributed by atoms with Gasteiger partial charge in [-0.2, -0.15) is 0 Å². The number of rotatable bonds is 24. The van der Waals surface area contributed by atoms with Crippen LogP contribution in [-0.4, -0.2) is 104 Å². The monoisotopic (exact) mass is 708 g/mol. The minimum Gasteiger partial charge on any atom is -0.371 e. The van der Waals surface area contributed by atoms with Crippen LogP contribution in [0.5, 0.6) is 0 Å². The number of hydrogen-bond donors (Lipinski definition) is 0. The summed E-state index contributed by atoms with van der Waals surface area (Å²) in [5.41, 5.74) is 5.52. The van der Waals surface area contributed by atoms with E-state index in [9.17, 15) is 0 Å². The van der Waals surface area contributed by atoms with E-state index in [0.717, 1.165) is 0 Å². The Morgan fingerprint density at radius 1 is 0.690 bits per heavy atom. The van der Waals surface area contributed by atoms with Gasteiger partial charge in [-0.05, 0) is 37.9 Å². The lowest BCUT2D eigenvalue weighted by molar-refractivity contribution is -0.00749. The zero-order valence-electron chi connectivity index (χ0n) is 26.0. The summed E-state index contributed by atoms with van der Waals surface area (Å²) in [5, 5.41) is 0. The molecule has 0 aromatic rings. The molecule has 1 rings (SSSR count). The standard InChI is InChI=1S/C27H51Cl3O9Si3/c1-7-31-40(32-8-2,16-10-13-28)34-19-25(4)20-35-41(33-9-3,17-11-14-29)36-21-26(5)22-37-42(18-12-15-30)38-23-27(6)24-39-42/h10-12,16-18,25-27H,7-9,13-15,19-24H2,1-6H3/b16-10+,17-11+,18-12+. The lowest BCUT2D eigenvalue weighted by atomic mass is 10.2. The van der Waals surface area contributed by atoms with Crippen LogP contribution in [0.4, 0.5) is 0 Å². The molecule has 0 aliphatic carbocycles. The van der Waals surface area contributed by atoms with Crippen molar-refractivity contribution in [2.45, 2.75) is 41.5 Å². The lowest BCUT2D eigenvalue weighted by Gasteiger charge is -2.34. The van der Waals surface area contributed by atoms with E-state index in [1.54, 1.807) is 12.2 Å². The molecule has 0 amide bonds. The molecule has 0 bridgehead atoms. The van der Waals surface area contributed by atoms with E-state index in [2.05, 4.69) is 6.92 Å². The highest BCUT2D eigenvalue weighted by Crippen LogP contribution is 2.23. The van der Waals surface area contributed by atoms with Crippen LogP contribution in [0.2, 0.25) is 0 Å². The Morgan fingerprint density at radius 2 is 1.10 bits per heavy atom. The zero-order valence-corrected chi connectivity index (χ0v) is 31.3. The van der Waals surface area contributed by atoms with Crippen molar-refractivity contribution in [1.29, 1.82) is 0 Å². The van der Waals surface area contributed by atoms with E-state index in [4.69, 9.17) is 74.6 Å². The molecule has 0 aromatic heterocycles. The Balaban J connectivity index is 2.85. The van der Waals surface area contributed by atoms with Crippen LogP contribution in [0, 0.1) is 17.8 Å². The molecule has 0 spiro atoms. The zero-order chi connectivity index (χ0) is 31.3. The second kappa shape index (κ2) is 22.8. The molecule has 0 saturated carbocycles. The molecular weight excluding hydrogens is 659 g/mol. The predicted molar refractivity (Wildman–Crippen MR) is 175 cm³/mol. The Bertz CT molecular complexity index is 783. The van der Waals surface area contributed by atoms with Crippen LogP contribution in [-0.2, 0) is 39.8 Å². The van der Waals surface area contributed by atoms with Gasteiger partial charge in [-0.1, -0.05) is 39.0 Å². The Hall–Kier alpha value is 0.381. The van der Waals surface area contributed by atoms with Crippen molar-refractivity contribution < 1.29 is 39.8 Å². The fourth-order valence-corrected chi connectivity index (χ4v) is 11.5. The van der Waals surface area contributed by atoms with Gasteiger partial charge < -0.3 is 39.8 Å². The molecule has 9 nitrogen and oxygen atoms in total. The summed E-state index contributed by atoms with van der Waals surface area (Å²) in [6.07, 6.45) is 5.42. The van der Waals surface area contributed by atoms with Crippen LogP contribution in [0.1, 0.15) is 41.5 Å². The van der Waals surface area contributed by atoms with Gasteiger partial charge in [0, 0.05) is 94.9 Å². The number of alkyl halides is 3. The summed E-state index contributed by atoms with van der Waals surface area (Å²) in [5.74, 6) is 1.33. The van der Waals surface area contributed by atoms with Gasteiger partial charge in [0.1, 0.15) is 0 Å². The minimum atomic E-state index is -3.23. The molecule has 0 radical (unpaired) electrons. The number of allylic oxidation sites excluding steroid dienone is 3. The molecule has 1 aliphatic heterocycles. The van der Waals surface area contributed by atoms with Gasteiger partial charge in [0.25, 0.3) is 0 Å². The van der Waals surface area contributed by atoms with E-state index >= 15 is 0 Å². The van der Waals surface area contributed by atoms with Crippen molar-refractivity contribution in [2.75, 3.05) is 77.1 Å². The maximum atomic E-state index is 6.39. The van der Waals surface area contributed by atoms with Crippen molar-refractivity contribution >= 4 is 61.2 Å². The van der Waals surface area contributed by atoms with Gasteiger partial charge >= 0.3 is 26.4 Å². The van der Waals surface area contributed by atoms with Gasteiger partial charge in [0.05, 0.1) is 0 Å². The molecule has 1 aliphatic rings. The van der Waals surface area contributed by atoms with Gasteiger partial charge in [0.2, 0.25) is 0 Å². The molecule has 246 valence electrons. The van der Waals surface area contributed by atoms with E-state index in [-0.39, 0.29) is 11.8 Å². The molecule has 15 heteroatoms.